The normalized spacial score (nSPS) is 28.5. The lowest BCUT2D eigenvalue weighted by atomic mass is 9.93. The number of aliphatic imine (C=N–C) groups is 1. The van der Waals surface area contributed by atoms with Crippen molar-refractivity contribution in [2.24, 2.45) is 10.9 Å². The number of halogens is 1. The third-order valence-electron chi connectivity index (χ3n) is 5.31. The Morgan fingerprint density at radius 1 is 1.35 bits per heavy atom. The maximum atomic E-state index is 14.8. The smallest absolute Gasteiger partial charge is 0.410 e. The van der Waals surface area contributed by atoms with Crippen molar-refractivity contribution in [1.82, 2.24) is 5.32 Å². The van der Waals surface area contributed by atoms with E-state index >= 15 is 0 Å². The fourth-order valence-electron chi connectivity index (χ4n) is 4.05. The molecule has 1 amide bonds. The number of hydrogen-bond donors (Lipinski definition) is 3. The number of ether oxygens (including phenoxy) is 1. The minimum absolute atomic E-state index is 0.0167. The Morgan fingerprint density at radius 3 is 2.92 bits per heavy atom. The Balaban J connectivity index is 1.65. The van der Waals surface area contributed by atoms with Gasteiger partial charge in [0.25, 0.3) is 0 Å². The molecule has 0 aromatic heterocycles. The average Bonchev–Trinajstić information content (AvgIpc) is 3.25. The van der Waals surface area contributed by atoms with Crippen LogP contribution in [0.15, 0.2) is 23.2 Å². The Kier molecular flexibility index (Phi) is 4.79. The number of rotatable bonds is 3. The number of thioether (sulfide) groups is 1. The standard InChI is InChI=1S/C18H22FN3O3S/c19-15-6-5-13(21-12-3-1-2-4-12)9-14(15)18-11(7-8-25-18)10-20-16(26-18)22-17(23)24/h5-6,9,11-12,21H,1-4,7-8,10H2,(H,20,22)(H,23,24). The maximum absolute atomic E-state index is 14.8. The van der Waals surface area contributed by atoms with Crippen molar-refractivity contribution in [3.8, 4) is 0 Å². The van der Waals surface area contributed by atoms with Gasteiger partial charge in [0, 0.05) is 36.4 Å². The van der Waals surface area contributed by atoms with Crippen molar-refractivity contribution >= 4 is 28.7 Å². The van der Waals surface area contributed by atoms with Gasteiger partial charge in [0.1, 0.15) is 5.82 Å². The van der Waals surface area contributed by atoms with E-state index in [1.54, 1.807) is 6.07 Å². The highest BCUT2D eigenvalue weighted by molar-refractivity contribution is 8.14. The number of carbonyl (C=O) groups is 1. The van der Waals surface area contributed by atoms with E-state index < -0.39 is 11.0 Å². The number of benzene rings is 1. The number of amidine groups is 1. The zero-order valence-electron chi connectivity index (χ0n) is 14.3. The van der Waals surface area contributed by atoms with Gasteiger partial charge >= 0.3 is 6.09 Å². The van der Waals surface area contributed by atoms with E-state index in [2.05, 4.69) is 15.6 Å². The third kappa shape index (κ3) is 3.27. The number of fused-ring (bicyclic) bond motifs is 1. The van der Waals surface area contributed by atoms with Crippen LogP contribution in [0.5, 0.6) is 0 Å². The van der Waals surface area contributed by atoms with Gasteiger partial charge in [0.2, 0.25) is 0 Å². The van der Waals surface area contributed by atoms with Crippen LogP contribution in [0.25, 0.3) is 0 Å². The van der Waals surface area contributed by atoms with Crippen molar-refractivity contribution < 1.29 is 19.0 Å². The summed E-state index contributed by atoms with van der Waals surface area (Å²) in [5.41, 5.74) is 1.35. The summed E-state index contributed by atoms with van der Waals surface area (Å²) in [5.74, 6) is -0.318. The predicted octanol–water partition coefficient (Wildman–Crippen LogP) is 3.74. The first-order valence-corrected chi connectivity index (χ1v) is 9.82. The van der Waals surface area contributed by atoms with Gasteiger partial charge in [-0.1, -0.05) is 12.8 Å². The maximum Gasteiger partial charge on any atom is 0.410 e. The van der Waals surface area contributed by atoms with Crippen LogP contribution in [0.4, 0.5) is 14.9 Å². The van der Waals surface area contributed by atoms with Crippen molar-refractivity contribution in [2.75, 3.05) is 18.5 Å². The van der Waals surface area contributed by atoms with E-state index in [1.165, 1.54) is 18.9 Å². The van der Waals surface area contributed by atoms with Crippen LogP contribution in [0.2, 0.25) is 0 Å². The van der Waals surface area contributed by atoms with Crippen LogP contribution in [0.3, 0.4) is 0 Å². The average molecular weight is 379 g/mol. The van der Waals surface area contributed by atoms with Crippen LogP contribution in [0.1, 0.15) is 37.7 Å². The van der Waals surface area contributed by atoms with Gasteiger partial charge in [-0.15, -0.1) is 0 Å². The molecule has 1 aromatic rings. The van der Waals surface area contributed by atoms with Crippen LogP contribution in [0, 0.1) is 11.7 Å². The molecule has 2 fully saturated rings. The number of amides is 1. The van der Waals surface area contributed by atoms with E-state index in [9.17, 15) is 9.18 Å². The molecule has 2 aliphatic heterocycles. The van der Waals surface area contributed by atoms with Crippen LogP contribution < -0.4 is 10.6 Å². The fraction of sp³-hybridized carbons (Fsp3) is 0.556. The summed E-state index contributed by atoms with van der Waals surface area (Å²) >= 11 is 1.16. The highest BCUT2D eigenvalue weighted by Gasteiger charge is 2.51. The number of nitrogens with one attached hydrogen (secondary N) is 2. The fourth-order valence-corrected chi connectivity index (χ4v) is 5.38. The highest BCUT2D eigenvalue weighted by Crippen LogP contribution is 2.53. The molecular formula is C18H22FN3O3S. The number of anilines is 1. The summed E-state index contributed by atoms with van der Waals surface area (Å²) in [6.07, 6.45) is 4.29. The number of nitrogens with zero attached hydrogens (tertiary/aromatic N) is 1. The topological polar surface area (TPSA) is 83.0 Å². The Bertz CT molecular complexity index is 738. The van der Waals surface area contributed by atoms with Gasteiger partial charge in [-0.25, -0.2) is 9.18 Å². The summed E-state index contributed by atoms with van der Waals surface area (Å²) in [6, 6.07) is 5.48. The van der Waals surface area contributed by atoms with Crippen LogP contribution >= 0.6 is 11.8 Å². The van der Waals surface area contributed by atoms with Gasteiger partial charge in [0.05, 0.1) is 0 Å². The molecule has 2 atom stereocenters. The third-order valence-corrected chi connectivity index (χ3v) is 6.70. The highest BCUT2D eigenvalue weighted by atomic mass is 32.2. The zero-order chi connectivity index (χ0) is 18.1. The summed E-state index contributed by atoms with van der Waals surface area (Å²) in [6.45, 7) is 0.926. The van der Waals surface area contributed by atoms with E-state index in [4.69, 9.17) is 9.84 Å². The monoisotopic (exact) mass is 379 g/mol. The van der Waals surface area contributed by atoms with Gasteiger partial charge in [-0.05, 0) is 49.2 Å². The predicted molar refractivity (Wildman–Crippen MR) is 99.1 cm³/mol. The van der Waals surface area contributed by atoms with Gasteiger partial charge in [-0.3, -0.25) is 10.3 Å². The van der Waals surface area contributed by atoms with Gasteiger partial charge in [0.15, 0.2) is 10.1 Å². The zero-order valence-corrected chi connectivity index (χ0v) is 15.2. The summed E-state index contributed by atoms with van der Waals surface area (Å²) in [4.78, 5) is 14.3. The van der Waals surface area contributed by atoms with Gasteiger partial charge < -0.3 is 15.2 Å². The quantitative estimate of drug-likeness (QED) is 0.745. The van der Waals surface area contributed by atoms with Crippen molar-refractivity contribution in [2.45, 2.75) is 43.1 Å². The molecule has 0 bridgehead atoms. The minimum atomic E-state index is -1.18. The molecule has 26 heavy (non-hydrogen) atoms. The lowest BCUT2D eigenvalue weighted by Crippen LogP contribution is -2.41. The Labute approximate surface area is 155 Å². The lowest BCUT2D eigenvalue weighted by molar-refractivity contribution is 0.0560. The molecule has 0 radical (unpaired) electrons. The number of hydrogen-bond acceptors (Lipinski definition) is 5. The van der Waals surface area contributed by atoms with Crippen molar-refractivity contribution in [1.29, 1.82) is 0 Å². The van der Waals surface area contributed by atoms with Gasteiger partial charge in [-0.2, -0.15) is 0 Å². The molecule has 3 N–H and O–H groups in total. The molecule has 6 nitrogen and oxygen atoms in total. The summed E-state index contributed by atoms with van der Waals surface area (Å²) in [7, 11) is 0. The second-order valence-electron chi connectivity index (χ2n) is 7.00. The van der Waals surface area contributed by atoms with E-state index in [0.717, 1.165) is 36.7 Å². The Hall–Kier alpha value is -1.80. The van der Waals surface area contributed by atoms with E-state index in [0.29, 0.717) is 24.8 Å². The largest absolute Gasteiger partial charge is 0.465 e. The molecule has 3 aliphatic rings. The molecule has 4 rings (SSSR count). The molecule has 2 heterocycles. The molecule has 1 saturated heterocycles. The first kappa shape index (κ1) is 17.6. The molecule has 1 aromatic carbocycles. The van der Waals surface area contributed by atoms with Crippen LogP contribution in [-0.2, 0) is 9.67 Å². The lowest BCUT2D eigenvalue weighted by Gasteiger charge is -2.37. The first-order chi connectivity index (χ1) is 12.6. The second-order valence-corrected chi connectivity index (χ2v) is 8.20. The molecule has 8 heteroatoms. The SMILES string of the molecule is O=C(O)NC1=NCC2CCOC2(c2cc(NC3CCCC3)ccc2F)S1. The Morgan fingerprint density at radius 2 is 2.15 bits per heavy atom. The molecule has 0 spiro atoms. The second kappa shape index (κ2) is 7.08. The van der Waals surface area contributed by atoms with Crippen LogP contribution in [-0.4, -0.2) is 35.6 Å². The summed E-state index contributed by atoms with van der Waals surface area (Å²) < 4.78 is 20.8. The van der Waals surface area contributed by atoms with Crippen molar-refractivity contribution in [3.05, 3.63) is 29.6 Å². The molecule has 1 saturated carbocycles. The van der Waals surface area contributed by atoms with E-state index in [1.807, 2.05) is 6.07 Å². The summed E-state index contributed by atoms with van der Waals surface area (Å²) in [5, 5.41) is 15.0. The van der Waals surface area contributed by atoms with Crippen molar-refractivity contribution in [3.63, 3.8) is 0 Å². The molecule has 1 aliphatic carbocycles. The molecular weight excluding hydrogens is 357 g/mol. The minimum Gasteiger partial charge on any atom is -0.465 e. The van der Waals surface area contributed by atoms with E-state index in [-0.39, 0.29) is 16.9 Å². The first-order valence-electron chi connectivity index (χ1n) is 9.01. The molecule has 2 unspecified atom stereocenters. The molecule has 140 valence electrons. The number of carboxylic acid groups (broad SMARTS) is 1.